The van der Waals surface area contributed by atoms with Crippen molar-refractivity contribution in [1.82, 2.24) is 5.32 Å². The van der Waals surface area contributed by atoms with E-state index in [1.165, 1.54) is 0 Å². The highest BCUT2D eigenvalue weighted by atomic mass is 32.2. The zero-order valence-corrected chi connectivity index (χ0v) is 11.8. The molecule has 2 amide bonds. The van der Waals surface area contributed by atoms with Gasteiger partial charge in [0.1, 0.15) is 9.84 Å². The van der Waals surface area contributed by atoms with E-state index < -0.39 is 15.9 Å². The summed E-state index contributed by atoms with van der Waals surface area (Å²) in [5.41, 5.74) is 7.27. The van der Waals surface area contributed by atoms with Crippen LogP contribution in [-0.4, -0.2) is 33.0 Å². The van der Waals surface area contributed by atoms with Crippen molar-refractivity contribution in [2.75, 3.05) is 23.9 Å². The fraction of sp³-hybridized carbons (Fsp3) is 0.417. The summed E-state index contributed by atoms with van der Waals surface area (Å²) >= 11 is 0. The summed E-state index contributed by atoms with van der Waals surface area (Å²) in [5, 5.41) is 5.10. The van der Waals surface area contributed by atoms with Crippen molar-refractivity contribution >= 4 is 21.6 Å². The fourth-order valence-corrected chi connectivity index (χ4v) is 1.90. The zero-order valence-electron chi connectivity index (χ0n) is 11.0. The quantitative estimate of drug-likeness (QED) is 0.747. The van der Waals surface area contributed by atoms with Crippen molar-refractivity contribution in [2.24, 2.45) is 5.73 Å². The Bertz CT molecular complexity index is 541. The number of nitrogens with one attached hydrogen (secondary N) is 2. The van der Waals surface area contributed by atoms with Crippen LogP contribution >= 0.6 is 0 Å². The van der Waals surface area contributed by atoms with Crippen LogP contribution in [0.25, 0.3) is 0 Å². The molecule has 0 radical (unpaired) electrons. The monoisotopic (exact) mass is 285 g/mol. The van der Waals surface area contributed by atoms with E-state index >= 15 is 0 Å². The number of amides is 2. The summed E-state index contributed by atoms with van der Waals surface area (Å²) in [6.45, 7) is 1.93. The van der Waals surface area contributed by atoms with E-state index in [0.717, 1.165) is 11.8 Å². The number of nitrogens with two attached hydrogens (primary N) is 1. The van der Waals surface area contributed by atoms with E-state index in [1.54, 1.807) is 18.2 Å². The Morgan fingerprint density at radius 2 is 2.11 bits per heavy atom. The number of carbonyl (C=O) groups excluding carboxylic acids is 1. The molecule has 1 rings (SSSR count). The highest BCUT2D eigenvalue weighted by Crippen LogP contribution is 2.15. The lowest BCUT2D eigenvalue weighted by atomic mass is 10.1. The minimum Gasteiger partial charge on any atom is -0.337 e. The first kappa shape index (κ1) is 15.5. The summed E-state index contributed by atoms with van der Waals surface area (Å²) in [5.74, 6) is -0.0830. The zero-order chi connectivity index (χ0) is 14.5. The Morgan fingerprint density at radius 1 is 1.42 bits per heavy atom. The Hall–Kier alpha value is -1.60. The van der Waals surface area contributed by atoms with E-state index in [0.29, 0.717) is 5.69 Å². The first-order valence-corrected chi connectivity index (χ1v) is 7.92. The standard InChI is InChI=1S/C12H19N3O3S/c1-9(13)10-4-3-5-11(8-10)15-12(16)14-6-7-19(2,17)18/h3-5,8-9H,6-7,13H2,1-2H3,(H2,14,15,16). The molecule has 0 spiro atoms. The van der Waals surface area contributed by atoms with Gasteiger partial charge in [0.15, 0.2) is 0 Å². The second-order valence-electron chi connectivity index (χ2n) is 4.42. The lowest BCUT2D eigenvalue weighted by Gasteiger charge is -2.10. The lowest BCUT2D eigenvalue weighted by Crippen LogP contribution is -2.32. The maximum absolute atomic E-state index is 11.5. The SMILES string of the molecule is CC(N)c1cccc(NC(=O)NCCS(C)(=O)=O)c1. The average Bonchev–Trinajstić information content (AvgIpc) is 2.27. The van der Waals surface area contributed by atoms with Gasteiger partial charge in [-0.25, -0.2) is 13.2 Å². The topological polar surface area (TPSA) is 101 Å². The summed E-state index contributed by atoms with van der Waals surface area (Å²) in [4.78, 5) is 11.5. The van der Waals surface area contributed by atoms with Crippen LogP contribution in [0.4, 0.5) is 10.5 Å². The molecule has 1 unspecified atom stereocenters. The highest BCUT2D eigenvalue weighted by molar-refractivity contribution is 7.90. The fourth-order valence-electron chi connectivity index (χ4n) is 1.42. The molecule has 0 fully saturated rings. The van der Waals surface area contributed by atoms with E-state index in [1.807, 2.05) is 13.0 Å². The van der Waals surface area contributed by atoms with Crippen molar-refractivity contribution in [3.8, 4) is 0 Å². The van der Waals surface area contributed by atoms with Gasteiger partial charge in [0, 0.05) is 24.5 Å². The maximum atomic E-state index is 11.5. The van der Waals surface area contributed by atoms with Crippen molar-refractivity contribution in [3.63, 3.8) is 0 Å². The van der Waals surface area contributed by atoms with Crippen molar-refractivity contribution in [1.29, 1.82) is 0 Å². The van der Waals surface area contributed by atoms with Gasteiger partial charge in [0.2, 0.25) is 0 Å². The first-order valence-electron chi connectivity index (χ1n) is 5.86. The number of hydrogen-bond acceptors (Lipinski definition) is 4. The molecular weight excluding hydrogens is 266 g/mol. The Balaban J connectivity index is 2.50. The predicted octanol–water partition coefficient (Wildman–Crippen LogP) is 0.872. The number of benzene rings is 1. The molecule has 1 aromatic rings. The highest BCUT2D eigenvalue weighted by Gasteiger charge is 2.06. The van der Waals surface area contributed by atoms with Gasteiger partial charge in [-0.3, -0.25) is 0 Å². The third-order valence-corrected chi connectivity index (χ3v) is 3.37. The molecule has 4 N–H and O–H groups in total. The molecule has 1 aromatic carbocycles. The van der Waals surface area contributed by atoms with Crippen molar-refractivity contribution < 1.29 is 13.2 Å². The van der Waals surface area contributed by atoms with Crippen LogP contribution < -0.4 is 16.4 Å². The van der Waals surface area contributed by atoms with Crippen LogP contribution in [0.3, 0.4) is 0 Å². The van der Waals surface area contributed by atoms with E-state index in [9.17, 15) is 13.2 Å². The van der Waals surface area contributed by atoms with Gasteiger partial charge in [0.05, 0.1) is 5.75 Å². The van der Waals surface area contributed by atoms with E-state index in [4.69, 9.17) is 5.73 Å². The molecule has 0 saturated carbocycles. The van der Waals surface area contributed by atoms with Gasteiger partial charge in [-0.05, 0) is 24.6 Å². The van der Waals surface area contributed by atoms with Gasteiger partial charge in [0.25, 0.3) is 0 Å². The van der Waals surface area contributed by atoms with Crippen LogP contribution in [0.5, 0.6) is 0 Å². The Labute approximate surface area is 113 Å². The molecule has 0 aliphatic carbocycles. The number of sulfone groups is 1. The summed E-state index contributed by atoms with van der Waals surface area (Å²) in [7, 11) is -3.07. The van der Waals surface area contributed by atoms with Crippen LogP contribution in [0.15, 0.2) is 24.3 Å². The van der Waals surface area contributed by atoms with E-state index in [2.05, 4.69) is 10.6 Å². The van der Waals surface area contributed by atoms with Gasteiger partial charge < -0.3 is 16.4 Å². The van der Waals surface area contributed by atoms with Gasteiger partial charge in [-0.2, -0.15) is 0 Å². The number of urea groups is 1. The summed E-state index contributed by atoms with van der Waals surface area (Å²) in [6, 6.07) is 6.63. The van der Waals surface area contributed by atoms with Crippen LogP contribution in [0.2, 0.25) is 0 Å². The Kier molecular flexibility index (Phi) is 5.31. The van der Waals surface area contributed by atoms with Gasteiger partial charge >= 0.3 is 6.03 Å². The van der Waals surface area contributed by atoms with Crippen molar-refractivity contribution in [2.45, 2.75) is 13.0 Å². The van der Waals surface area contributed by atoms with E-state index in [-0.39, 0.29) is 18.3 Å². The van der Waals surface area contributed by atoms with Crippen LogP contribution in [0.1, 0.15) is 18.5 Å². The molecule has 0 aliphatic rings. The molecule has 19 heavy (non-hydrogen) atoms. The normalized spacial score (nSPS) is 12.8. The first-order chi connectivity index (χ1) is 8.78. The average molecular weight is 285 g/mol. The third-order valence-electron chi connectivity index (χ3n) is 2.43. The number of rotatable bonds is 5. The Morgan fingerprint density at radius 3 is 2.68 bits per heavy atom. The maximum Gasteiger partial charge on any atom is 0.319 e. The molecule has 0 heterocycles. The number of hydrogen-bond donors (Lipinski definition) is 3. The molecule has 106 valence electrons. The van der Waals surface area contributed by atoms with Crippen LogP contribution in [0, 0.1) is 0 Å². The van der Waals surface area contributed by atoms with Crippen LogP contribution in [-0.2, 0) is 9.84 Å². The molecule has 0 saturated heterocycles. The molecule has 0 aromatic heterocycles. The van der Waals surface area contributed by atoms with Gasteiger partial charge in [-0.15, -0.1) is 0 Å². The summed E-state index contributed by atoms with van der Waals surface area (Å²) < 4.78 is 21.8. The van der Waals surface area contributed by atoms with Gasteiger partial charge in [-0.1, -0.05) is 12.1 Å². The molecule has 0 bridgehead atoms. The largest absolute Gasteiger partial charge is 0.337 e. The smallest absolute Gasteiger partial charge is 0.319 e. The minimum absolute atomic E-state index is 0.0810. The number of carbonyl (C=O) groups is 1. The lowest BCUT2D eigenvalue weighted by molar-refractivity contribution is 0.252. The summed E-state index contributed by atoms with van der Waals surface area (Å²) in [6.07, 6.45) is 1.12. The number of anilines is 1. The van der Waals surface area contributed by atoms with Crippen molar-refractivity contribution in [3.05, 3.63) is 29.8 Å². The second kappa shape index (κ2) is 6.53. The predicted molar refractivity (Wildman–Crippen MR) is 75.8 cm³/mol. The second-order valence-corrected chi connectivity index (χ2v) is 6.68. The minimum atomic E-state index is -3.07. The third kappa shape index (κ3) is 6.21. The molecule has 0 aliphatic heterocycles. The molecule has 6 nitrogen and oxygen atoms in total. The molecule has 1 atom stereocenters. The molecular formula is C12H19N3O3S. The molecule has 7 heteroatoms.